The lowest BCUT2D eigenvalue weighted by Crippen LogP contribution is -2.40. The van der Waals surface area contributed by atoms with Crippen LogP contribution in [0.5, 0.6) is 0 Å². The third-order valence-electron chi connectivity index (χ3n) is 3.61. The van der Waals surface area contributed by atoms with E-state index in [-0.39, 0.29) is 18.1 Å². The molecule has 20 heavy (non-hydrogen) atoms. The number of nitrogens with zero attached hydrogens (tertiary/aromatic N) is 1. The molecule has 3 heterocycles. The molecule has 5 heteroatoms. The van der Waals surface area contributed by atoms with Gasteiger partial charge in [-0.3, -0.25) is 4.79 Å². The van der Waals surface area contributed by atoms with E-state index in [0.717, 1.165) is 30.0 Å². The van der Waals surface area contributed by atoms with Gasteiger partial charge in [0.1, 0.15) is 4.88 Å². The predicted molar refractivity (Wildman–Crippen MR) is 79.5 cm³/mol. The number of hydrogen-bond acceptors (Lipinski definition) is 3. The van der Waals surface area contributed by atoms with Crippen molar-refractivity contribution in [2.24, 2.45) is 0 Å². The third-order valence-corrected chi connectivity index (χ3v) is 4.52. The van der Waals surface area contributed by atoms with Crippen molar-refractivity contribution in [3.63, 3.8) is 0 Å². The smallest absolute Gasteiger partial charge is 0.263 e. The van der Waals surface area contributed by atoms with Gasteiger partial charge in [0, 0.05) is 19.0 Å². The highest BCUT2D eigenvalue weighted by atomic mass is 32.1. The number of carbonyl (C=O) groups is 1. The molecule has 0 aliphatic carbocycles. The van der Waals surface area contributed by atoms with E-state index in [1.165, 1.54) is 11.3 Å². The van der Waals surface area contributed by atoms with Gasteiger partial charge < -0.3 is 14.6 Å². The van der Waals surface area contributed by atoms with Gasteiger partial charge in [0.05, 0.1) is 17.8 Å². The Bertz CT molecular complexity index is 570. The van der Waals surface area contributed by atoms with Gasteiger partial charge in [-0.2, -0.15) is 0 Å². The van der Waals surface area contributed by atoms with E-state index in [0.29, 0.717) is 0 Å². The van der Waals surface area contributed by atoms with Crippen molar-refractivity contribution in [2.45, 2.75) is 31.9 Å². The first-order valence-electron chi connectivity index (χ1n) is 6.89. The van der Waals surface area contributed by atoms with Crippen molar-refractivity contribution in [2.75, 3.05) is 6.61 Å². The van der Waals surface area contributed by atoms with Crippen LogP contribution >= 0.6 is 11.3 Å². The van der Waals surface area contributed by atoms with Crippen molar-refractivity contribution in [3.8, 4) is 5.69 Å². The van der Waals surface area contributed by atoms with Gasteiger partial charge in [0.15, 0.2) is 0 Å². The van der Waals surface area contributed by atoms with Crippen LogP contribution in [0.25, 0.3) is 5.69 Å². The predicted octanol–water partition coefficient (Wildman–Crippen LogP) is 2.84. The summed E-state index contributed by atoms with van der Waals surface area (Å²) in [7, 11) is 0. The minimum absolute atomic E-state index is 0.0216. The number of rotatable bonds is 4. The Morgan fingerprint density at radius 2 is 2.30 bits per heavy atom. The molecule has 4 nitrogen and oxygen atoms in total. The molecule has 106 valence electrons. The standard InChI is InChI=1S/C15H18N2O2S/c1-11(13-5-4-9-19-13)16-15(18)14-12(6-10-20-14)17-7-2-3-8-17/h2-3,6-8,10-11,13H,4-5,9H2,1H3,(H,16,18)/t11-,13+/m0/s1. The molecule has 2 aromatic heterocycles. The molecule has 1 fully saturated rings. The van der Waals surface area contributed by atoms with E-state index >= 15 is 0 Å². The van der Waals surface area contributed by atoms with Crippen molar-refractivity contribution >= 4 is 17.2 Å². The van der Waals surface area contributed by atoms with Crippen LogP contribution in [0, 0.1) is 0 Å². The zero-order valence-corrected chi connectivity index (χ0v) is 12.2. The Labute approximate surface area is 122 Å². The summed E-state index contributed by atoms with van der Waals surface area (Å²) in [6, 6.07) is 5.92. The highest BCUT2D eigenvalue weighted by molar-refractivity contribution is 7.12. The van der Waals surface area contributed by atoms with E-state index in [1.807, 2.05) is 47.5 Å². The van der Waals surface area contributed by atoms with Crippen LogP contribution in [0.3, 0.4) is 0 Å². The Balaban J connectivity index is 1.73. The van der Waals surface area contributed by atoms with Gasteiger partial charge in [-0.15, -0.1) is 11.3 Å². The summed E-state index contributed by atoms with van der Waals surface area (Å²) < 4.78 is 7.58. The average Bonchev–Trinajstić information content (AvgIpc) is 3.19. The van der Waals surface area contributed by atoms with Crippen molar-refractivity contribution in [3.05, 3.63) is 40.8 Å². The Hall–Kier alpha value is -1.59. The zero-order valence-electron chi connectivity index (χ0n) is 11.4. The third kappa shape index (κ3) is 2.64. The van der Waals surface area contributed by atoms with Gasteiger partial charge in [0.2, 0.25) is 0 Å². The lowest BCUT2D eigenvalue weighted by atomic mass is 10.1. The molecule has 1 aliphatic heterocycles. The van der Waals surface area contributed by atoms with Crippen LogP contribution in [-0.4, -0.2) is 29.2 Å². The number of carbonyl (C=O) groups excluding carboxylic acids is 1. The first kappa shape index (κ1) is 13.4. The molecule has 0 unspecified atom stereocenters. The Kier molecular flexibility index (Phi) is 3.89. The summed E-state index contributed by atoms with van der Waals surface area (Å²) in [5.74, 6) is -0.0216. The fraction of sp³-hybridized carbons (Fsp3) is 0.400. The number of nitrogens with one attached hydrogen (secondary N) is 1. The fourth-order valence-electron chi connectivity index (χ4n) is 2.53. The first-order chi connectivity index (χ1) is 9.75. The highest BCUT2D eigenvalue weighted by Gasteiger charge is 2.25. The summed E-state index contributed by atoms with van der Waals surface area (Å²) in [4.78, 5) is 13.2. The maximum atomic E-state index is 12.4. The van der Waals surface area contributed by atoms with Gasteiger partial charge >= 0.3 is 0 Å². The molecule has 1 saturated heterocycles. The fourth-order valence-corrected chi connectivity index (χ4v) is 3.33. The first-order valence-corrected chi connectivity index (χ1v) is 7.77. The van der Waals surface area contributed by atoms with Gasteiger partial charge in [-0.25, -0.2) is 0 Å². The summed E-state index contributed by atoms with van der Waals surface area (Å²) in [6.45, 7) is 2.81. The van der Waals surface area contributed by atoms with Crippen LogP contribution in [0.15, 0.2) is 36.0 Å². The zero-order chi connectivity index (χ0) is 13.9. The number of ether oxygens (including phenoxy) is 1. The average molecular weight is 290 g/mol. The number of hydrogen-bond donors (Lipinski definition) is 1. The van der Waals surface area contributed by atoms with E-state index in [1.54, 1.807) is 0 Å². The van der Waals surface area contributed by atoms with Crippen LogP contribution in [-0.2, 0) is 4.74 Å². The number of aromatic nitrogens is 1. The minimum atomic E-state index is -0.0216. The van der Waals surface area contributed by atoms with Crippen molar-refractivity contribution in [1.29, 1.82) is 0 Å². The van der Waals surface area contributed by atoms with Crippen molar-refractivity contribution < 1.29 is 9.53 Å². The Morgan fingerprint density at radius 1 is 1.50 bits per heavy atom. The monoisotopic (exact) mass is 290 g/mol. The summed E-state index contributed by atoms with van der Waals surface area (Å²) in [5, 5.41) is 5.01. The molecule has 2 atom stereocenters. The number of thiophene rings is 1. The molecule has 2 aromatic rings. The molecular weight excluding hydrogens is 272 g/mol. The maximum Gasteiger partial charge on any atom is 0.263 e. The molecular formula is C15H18N2O2S. The van der Waals surface area contributed by atoms with Crippen LogP contribution in [0.2, 0.25) is 0 Å². The quantitative estimate of drug-likeness (QED) is 0.941. The summed E-state index contributed by atoms with van der Waals surface area (Å²) in [5.41, 5.74) is 0.928. The summed E-state index contributed by atoms with van der Waals surface area (Å²) >= 11 is 1.47. The minimum Gasteiger partial charge on any atom is -0.376 e. The van der Waals surface area contributed by atoms with Crippen molar-refractivity contribution in [1.82, 2.24) is 9.88 Å². The van der Waals surface area contributed by atoms with Crippen LogP contribution < -0.4 is 5.32 Å². The van der Waals surface area contributed by atoms with Crippen LogP contribution in [0.4, 0.5) is 0 Å². The molecule has 1 aliphatic rings. The molecule has 0 saturated carbocycles. The molecule has 0 spiro atoms. The molecule has 0 radical (unpaired) electrons. The van der Waals surface area contributed by atoms with E-state index < -0.39 is 0 Å². The topological polar surface area (TPSA) is 43.3 Å². The van der Waals surface area contributed by atoms with E-state index in [9.17, 15) is 4.79 Å². The number of amides is 1. The van der Waals surface area contributed by atoms with Crippen LogP contribution in [0.1, 0.15) is 29.4 Å². The van der Waals surface area contributed by atoms with Gasteiger partial charge in [-0.1, -0.05) is 0 Å². The van der Waals surface area contributed by atoms with E-state index in [2.05, 4.69) is 5.32 Å². The summed E-state index contributed by atoms with van der Waals surface area (Å²) in [6.07, 6.45) is 6.15. The van der Waals surface area contributed by atoms with E-state index in [4.69, 9.17) is 4.74 Å². The second-order valence-corrected chi connectivity index (χ2v) is 5.96. The second kappa shape index (κ2) is 5.81. The highest BCUT2D eigenvalue weighted by Crippen LogP contribution is 2.22. The molecule has 0 bridgehead atoms. The Morgan fingerprint density at radius 3 is 3.00 bits per heavy atom. The SMILES string of the molecule is C[C@H](NC(=O)c1sccc1-n1cccc1)[C@H]1CCCO1. The maximum absolute atomic E-state index is 12.4. The normalized spacial score (nSPS) is 19.9. The lowest BCUT2D eigenvalue weighted by Gasteiger charge is -2.20. The van der Waals surface area contributed by atoms with Gasteiger partial charge in [0.25, 0.3) is 5.91 Å². The molecule has 1 amide bonds. The molecule has 3 rings (SSSR count). The second-order valence-electron chi connectivity index (χ2n) is 5.04. The van der Waals surface area contributed by atoms with Gasteiger partial charge in [-0.05, 0) is 43.3 Å². The lowest BCUT2D eigenvalue weighted by molar-refractivity contribution is 0.0714. The largest absolute Gasteiger partial charge is 0.376 e. The molecule has 1 N–H and O–H groups in total. The molecule has 0 aromatic carbocycles.